The standard InChI is InChI=1S/C15H13ClN4O2S/c1-20-10-17-15(18-20)13-4-2-3-5-14(13)19-23(21,22)12-8-6-11(16)7-9-12/h2-10,19H,1H3. The van der Waals surface area contributed by atoms with Crippen LogP contribution < -0.4 is 4.72 Å². The SMILES string of the molecule is Cn1cnc(-c2ccccc2NS(=O)(=O)c2ccc(Cl)cc2)n1. The predicted molar refractivity (Wildman–Crippen MR) is 88.7 cm³/mol. The highest BCUT2D eigenvalue weighted by Crippen LogP contribution is 2.27. The maximum Gasteiger partial charge on any atom is 0.261 e. The Morgan fingerprint density at radius 1 is 1.09 bits per heavy atom. The predicted octanol–water partition coefficient (Wildman–Crippen LogP) is 2.94. The molecule has 0 spiro atoms. The van der Waals surface area contributed by atoms with Gasteiger partial charge in [-0.25, -0.2) is 13.4 Å². The van der Waals surface area contributed by atoms with Gasteiger partial charge in [-0.05, 0) is 36.4 Å². The Kier molecular flexibility index (Phi) is 4.06. The van der Waals surface area contributed by atoms with Crippen LogP contribution >= 0.6 is 11.6 Å². The van der Waals surface area contributed by atoms with Crippen molar-refractivity contribution in [2.45, 2.75) is 4.90 Å². The molecule has 0 radical (unpaired) electrons. The van der Waals surface area contributed by atoms with Gasteiger partial charge in [0.25, 0.3) is 10.0 Å². The second-order valence-corrected chi connectivity index (χ2v) is 6.97. The topological polar surface area (TPSA) is 76.9 Å². The van der Waals surface area contributed by atoms with Crippen LogP contribution in [0, 0.1) is 0 Å². The van der Waals surface area contributed by atoms with Crippen LogP contribution in [0.25, 0.3) is 11.4 Å². The normalized spacial score (nSPS) is 11.4. The Morgan fingerprint density at radius 3 is 2.43 bits per heavy atom. The summed E-state index contributed by atoms with van der Waals surface area (Å²) in [5.41, 5.74) is 1.01. The van der Waals surface area contributed by atoms with Crippen LogP contribution in [0.2, 0.25) is 5.02 Å². The molecule has 0 aliphatic rings. The van der Waals surface area contributed by atoms with Crippen molar-refractivity contribution in [1.29, 1.82) is 0 Å². The fraction of sp³-hybridized carbons (Fsp3) is 0.0667. The highest BCUT2D eigenvalue weighted by atomic mass is 35.5. The second kappa shape index (κ2) is 6.02. The van der Waals surface area contributed by atoms with Gasteiger partial charge in [-0.1, -0.05) is 23.7 Å². The average Bonchev–Trinajstić information content (AvgIpc) is 2.94. The molecule has 0 bridgehead atoms. The first-order valence-electron chi connectivity index (χ1n) is 6.69. The van der Waals surface area contributed by atoms with Crippen molar-refractivity contribution in [3.05, 3.63) is 59.9 Å². The van der Waals surface area contributed by atoms with Gasteiger partial charge in [-0.15, -0.1) is 0 Å². The monoisotopic (exact) mass is 348 g/mol. The molecule has 0 saturated heterocycles. The summed E-state index contributed by atoms with van der Waals surface area (Å²) in [7, 11) is -1.98. The van der Waals surface area contributed by atoms with Gasteiger partial charge in [0.1, 0.15) is 6.33 Å². The second-order valence-electron chi connectivity index (χ2n) is 4.85. The van der Waals surface area contributed by atoms with E-state index in [4.69, 9.17) is 11.6 Å². The van der Waals surface area contributed by atoms with Crippen LogP contribution in [0.3, 0.4) is 0 Å². The first kappa shape index (κ1) is 15.5. The van der Waals surface area contributed by atoms with Gasteiger partial charge in [-0.3, -0.25) is 9.40 Å². The molecule has 6 nitrogen and oxygen atoms in total. The van der Waals surface area contributed by atoms with Gasteiger partial charge in [-0.2, -0.15) is 5.10 Å². The van der Waals surface area contributed by atoms with Gasteiger partial charge >= 0.3 is 0 Å². The quantitative estimate of drug-likeness (QED) is 0.786. The minimum Gasteiger partial charge on any atom is -0.279 e. The summed E-state index contributed by atoms with van der Waals surface area (Å²) in [5, 5.41) is 4.68. The summed E-state index contributed by atoms with van der Waals surface area (Å²) in [6, 6.07) is 12.9. The zero-order chi connectivity index (χ0) is 16.4. The molecule has 3 aromatic rings. The first-order chi connectivity index (χ1) is 11.0. The molecular formula is C15H13ClN4O2S. The van der Waals surface area contributed by atoms with E-state index in [0.29, 0.717) is 22.1 Å². The number of hydrogen-bond acceptors (Lipinski definition) is 4. The van der Waals surface area contributed by atoms with Crippen LogP contribution in [-0.2, 0) is 17.1 Å². The molecule has 0 fully saturated rings. The van der Waals surface area contributed by atoms with Gasteiger partial charge in [0.15, 0.2) is 5.82 Å². The molecular weight excluding hydrogens is 336 g/mol. The fourth-order valence-electron chi connectivity index (χ4n) is 2.05. The molecule has 0 aliphatic carbocycles. The summed E-state index contributed by atoms with van der Waals surface area (Å²) in [5.74, 6) is 0.446. The van der Waals surface area contributed by atoms with Crippen molar-refractivity contribution in [3.8, 4) is 11.4 Å². The highest BCUT2D eigenvalue weighted by molar-refractivity contribution is 7.92. The fourth-order valence-corrected chi connectivity index (χ4v) is 3.25. The van der Waals surface area contributed by atoms with Crippen LogP contribution in [0.15, 0.2) is 59.8 Å². The molecule has 2 aromatic carbocycles. The first-order valence-corrected chi connectivity index (χ1v) is 8.55. The van der Waals surface area contributed by atoms with E-state index in [0.717, 1.165) is 0 Å². The number of nitrogens with one attached hydrogen (secondary N) is 1. The molecule has 0 aliphatic heterocycles. The largest absolute Gasteiger partial charge is 0.279 e. The summed E-state index contributed by atoms with van der Waals surface area (Å²) < 4.78 is 29.1. The highest BCUT2D eigenvalue weighted by Gasteiger charge is 2.17. The third kappa shape index (κ3) is 3.35. The number of halogens is 1. The lowest BCUT2D eigenvalue weighted by Gasteiger charge is -2.11. The molecule has 23 heavy (non-hydrogen) atoms. The number of para-hydroxylation sites is 1. The summed E-state index contributed by atoms with van der Waals surface area (Å²) in [6.45, 7) is 0. The smallest absolute Gasteiger partial charge is 0.261 e. The van der Waals surface area contributed by atoms with E-state index in [-0.39, 0.29) is 4.90 Å². The van der Waals surface area contributed by atoms with Gasteiger partial charge in [0.2, 0.25) is 0 Å². The lowest BCUT2D eigenvalue weighted by atomic mass is 10.2. The van der Waals surface area contributed by atoms with Crippen LogP contribution in [-0.4, -0.2) is 23.2 Å². The van der Waals surface area contributed by atoms with E-state index >= 15 is 0 Å². The van der Waals surface area contributed by atoms with E-state index in [2.05, 4.69) is 14.8 Å². The number of benzene rings is 2. The maximum atomic E-state index is 12.5. The van der Waals surface area contributed by atoms with Crippen molar-refractivity contribution in [1.82, 2.24) is 14.8 Å². The van der Waals surface area contributed by atoms with E-state index in [1.807, 2.05) is 0 Å². The number of rotatable bonds is 4. The molecule has 0 atom stereocenters. The third-order valence-corrected chi connectivity index (χ3v) is 4.77. The summed E-state index contributed by atoms with van der Waals surface area (Å²) in [6.07, 6.45) is 1.56. The van der Waals surface area contributed by atoms with Gasteiger partial charge in [0.05, 0.1) is 10.6 Å². The Morgan fingerprint density at radius 2 is 1.78 bits per heavy atom. The van der Waals surface area contributed by atoms with Crippen molar-refractivity contribution >= 4 is 27.3 Å². The zero-order valence-corrected chi connectivity index (χ0v) is 13.7. The Bertz CT molecular complexity index is 936. The number of hydrogen-bond donors (Lipinski definition) is 1. The molecule has 118 valence electrons. The lowest BCUT2D eigenvalue weighted by Crippen LogP contribution is -2.13. The Labute approximate surface area is 138 Å². The lowest BCUT2D eigenvalue weighted by molar-refractivity contribution is 0.601. The molecule has 0 amide bonds. The zero-order valence-electron chi connectivity index (χ0n) is 12.1. The van der Waals surface area contributed by atoms with Gasteiger partial charge in [0, 0.05) is 17.6 Å². The Hall–Kier alpha value is -2.38. The maximum absolute atomic E-state index is 12.5. The van der Waals surface area contributed by atoms with E-state index in [1.165, 1.54) is 24.3 Å². The van der Waals surface area contributed by atoms with E-state index in [9.17, 15) is 8.42 Å². The van der Waals surface area contributed by atoms with Crippen molar-refractivity contribution < 1.29 is 8.42 Å². The Balaban J connectivity index is 1.98. The molecule has 0 saturated carbocycles. The molecule has 3 rings (SSSR count). The van der Waals surface area contributed by atoms with Crippen molar-refractivity contribution in [2.24, 2.45) is 7.05 Å². The summed E-state index contributed by atoms with van der Waals surface area (Å²) >= 11 is 5.80. The average molecular weight is 349 g/mol. The molecule has 1 aromatic heterocycles. The summed E-state index contributed by atoms with van der Waals surface area (Å²) in [4.78, 5) is 4.29. The van der Waals surface area contributed by atoms with Gasteiger partial charge < -0.3 is 0 Å². The van der Waals surface area contributed by atoms with Crippen LogP contribution in [0.4, 0.5) is 5.69 Å². The third-order valence-electron chi connectivity index (χ3n) is 3.14. The van der Waals surface area contributed by atoms with Crippen molar-refractivity contribution in [2.75, 3.05) is 4.72 Å². The number of aryl methyl sites for hydroxylation is 1. The molecule has 1 N–H and O–H groups in total. The molecule has 8 heteroatoms. The van der Waals surface area contributed by atoms with E-state index in [1.54, 1.807) is 42.3 Å². The minimum atomic E-state index is -3.72. The number of nitrogens with zero attached hydrogens (tertiary/aromatic N) is 3. The molecule has 1 heterocycles. The van der Waals surface area contributed by atoms with Crippen molar-refractivity contribution in [3.63, 3.8) is 0 Å². The molecule has 0 unspecified atom stereocenters. The number of aromatic nitrogens is 3. The van der Waals surface area contributed by atoms with E-state index < -0.39 is 10.0 Å². The van der Waals surface area contributed by atoms with Crippen LogP contribution in [0.5, 0.6) is 0 Å². The minimum absolute atomic E-state index is 0.130. The number of anilines is 1. The number of sulfonamides is 1. The van der Waals surface area contributed by atoms with Crippen LogP contribution in [0.1, 0.15) is 0 Å².